The molecule has 0 aliphatic heterocycles. The number of nitrogens with zero attached hydrogens (tertiary/aromatic N) is 2. The second kappa shape index (κ2) is 5.01. The summed E-state index contributed by atoms with van der Waals surface area (Å²) in [5.74, 6) is 0.770. The maximum atomic E-state index is 4.59. The monoisotopic (exact) mass is 256 g/mol. The number of anilines is 1. The maximum absolute atomic E-state index is 4.59. The smallest absolute Gasteiger partial charge is 0.200 e. The van der Waals surface area contributed by atoms with E-state index in [4.69, 9.17) is 0 Å². The van der Waals surface area contributed by atoms with Crippen LogP contribution in [-0.2, 0) is 6.54 Å². The van der Waals surface area contributed by atoms with Gasteiger partial charge in [0.05, 0.1) is 12.2 Å². The molecule has 0 radical (unpaired) electrons. The molecule has 0 aliphatic rings. The highest BCUT2D eigenvalue weighted by atomic mass is 32.1. The minimum Gasteiger partial charge on any atom is -0.349 e. The average molecular weight is 256 g/mol. The van der Waals surface area contributed by atoms with Gasteiger partial charge in [0.2, 0.25) is 0 Å². The summed E-state index contributed by atoms with van der Waals surface area (Å²) >= 11 is 1.65. The fourth-order valence-corrected chi connectivity index (χ4v) is 2.40. The summed E-state index contributed by atoms with van der Waals surface area (Å²) in [6.07, 6.45) is 3.51. The molecule has 2 N–H and O–H groups in total. The molecule has 0 atom stereocenters. The van der Waals surface area contributed by atoms with Gasteiger partial charge in [-0.1, -0.05) is 30.3 Å². The van der Waals surface area contributed by atoms with Crippen molar-refractivity contribution in [2.45, 2.75) is 6.54 Å². The summed E-state index contributed by atoms with van der Waals surface area (Å²) in [6.45, 7) is 0.686. The van der Waals surface area contributed by atoms with Crippen LogP contribution in [-0.4, -0.2) is 15.0 Å². The fraction of sp³-hybridized carbons (Fsp3) is 0.0769. The van der Waals surface area contributed by atoms with Crippen LogP contribution in [0, 0.1) is 0 Å². The highest BCUT2D eigenvalue weighted by Gasteiger charge is 2.04. The Morgan fingerprint density at radius 2 is 2.11 bits per heavy atom. The summed E-state index contributed by atoms with van der Waals surface area (Å²) in [6, 6.07) is 10.2. The zero-order valence-corrected chi connectivity index (χ0v) is 10.4. The van der Waals surface area contributed by atoms with E-state index in [0.717, 1.165) is 22.2 Å². The van der Waals surface area contributed by atoms with Crippen LogP contribution >= 0.6 is 11.3 Å². The third kappa shape index (κ3) is 2.41. The second-order valence-electron chi connectivity index (χ2n) is 3.78. The molecule has 0 saturated carbocycles. The second-order valence-corrected chi connectivity index (χ2v) is 4.73. The zero-order valence-electron chi connectivity index (χ0n) is 9.63. The van der Waals surface area contributed by atoms with Gasteiger partial charge < -0.3 is 10.3 Å². The number of benzene rings is 1. The van der Waals surface area contributed by atoms with Crippen molar-refractivity contribution in [2.75, 3.05) is 5.32 Å². The summed E-state index contributed by atoms with van der Waals surface area (Å²) in [5.41, 5.74) is 2.18. The normalized spacial score (nSPS) is 10.4. The molecule has 0 bridgehead atoms. The average Bonchev–Trinajstić information content (AvgIpc) is 3.09. The Balaban J connectivity index is 1.70. The number of aromatic nitrogens is 3. The third-order valence-corrected chi connectivity index (χ3v) is 3.38. The van der Waals surface area contributed by atoms with E-state index in [0.29, 0.717) is 6.54 Å². The molecule has 3 rings (SSSR count). The summed E-state index contributed by atoms with van der Waals surface area (Å²) < 4.78 is 0. The standard InChI is InChI=1S/C13H12N4S/c1-2-4-10(5-3-1)11-9-18-12(17-11)8-16-13-14-6-7-15-13/h1-7,9H,8H2,(H2,14,15,16). The van der Waals surface area contributed by atoms with E-state index in [1.165, 1.54) is 0 Å². The lowest BCUT2D eigenvalue weighted by molar-refractivity contribution is 1.07. The van der Waals surface area contributed by atoms with Crippen LogP contribution in [0.5, 0.6) is 0 Å². The number of thiazole rings is 1. The Labute approximate surface area is 109 Å². The number of hydrogen-bond donors (Lipinski definition) is 2. The molecule has 0 fully saturated rings. The molecule has 4 nitrogen and oxygen atoms in total. The van der Waals surface area contributed by atoms with Crippen LogP contribution in [0.2, 0.25) is 0 Å². The highest BCUT2D eigenvalue weighted by molar-refractivity contribution is 7.09. The first-order valence-corrected chi connectivity index (χ1v) is 6.53. The summed E-state index contributed by atoms with van der Waals surface area (Å²) in [7, 11) is 0. The first kappa shape index (κ1) is 11.0. The van der Waals surface area contributed by atoms with E-state index in [2.05, 4.69) is 37.8 Å². The summed E-state index contributed by atoms with van der Waals surface area (Å²) in [4.78, 5) is 11.7. The minimum atomic E-state index is 0.686. The van der Waals surface area contributed by atoms with Crippen molar-refractivity contribution in [2.24, 2.45) is 0 Å². The number of hydrogen-bond acceptors (Lipinski definition) is 4. The van der Waals surface area contributed by atoms with E-state index in [1.807, 2.05) is 18.2 Å². The third-order valence-electron chi connectivity index (χ3n) is 2.53. The molecule has 18 heavy (non-hydrogen) atoms. The van der Waals surface area contributed by atoms with Gasteiger partial charge in [0.15, 0.2) is 5.95 Å². The van der Waals surface area contributed by atoms with Crippen molar-refractivity contribution >= 4 is 17.3 Å². The van der Waals surface area contributed by atoms with E-state index in [1.54, 1.807) is 23.7 Å². The van der Waals surface area contributed by atoms with Gasteiger partial charge in [-0.25, -0.2) is 9.97 Å². The van der Waals surface area contributed by atoms with Crippen molar-refractivity contribution in [1.29, 1.82) is 0 Å². The van der Waals surface area contributed by atoms with Gasteiger partial charge in [-0.2, -0.15) is 0 Å². The molecule has 0 unspecified atom stereocenters. The Bertz CT molecular complexity index is 601. The largest absolute Gasteiger partial charge is 0.349 e. The van der Waals surface area contributed by atoms with Crippen molar-refractivity contribution in [1.82, 2.24) is 15.0 Å². The predicted molar refractivity (Wildman–Crippen MR) is 73.5 cm³/mol. The molecule has 3 aromatic rings. The zero-order chi connectivity index (χ0) is 12.2. The topological polar surface area (TPSA) is 53.6 Å². The van der Waals surface area contributed by atoms with Crippen molar-refractivity contribution in [3.05, 3.63) is 53.1 Å². The van der Waals surface area contributed by atoms with Crippen LogP contribution in [0.1, 0.15) is 5.01 Å². The quantitative estimate of drug-likeness (QED) is 0.754. The van der Waals surface area contributed by atoms with E-state index in [9.17, 15) is 0 Å². The van der Waals surface area contributed by atoms with Crippen LogP contribution in [0.4, 0.5) is 5.95 Å². The first-order valence-electron chi connectivity index (χ1n) is 5.65. The number of nitrogens with one attached hydrogen (secondary N) is 2. The molecule has 1 aromatic carbocycles. The molecule has 2 aromatic heterocycles. The Kier molecular flexibility index (Phi) is 3.06. The van der Waals surface area contributed by atoms with Crippen LogP contribution in [0.25, 0.3) is 11.3 Å². The van der Waals surface area contributed by atoms with Gasteiger partial charge in [0.25, 0.3) is 0 Å². The van der Waals surface area contributed by atoms with Crippen LogP contribution in [0.15, 0.2) is 48.1 Å². The van der Waals surface area contributed by atoms with Crippen molar-refractivity contribution in [3.8, 4) is 11.3 Å². The van der Waals surface area contributed by atoms with Crippen molar-refractivity contribution < 1.29 is 0 Å². The lowest BCUT2D eigenvalue weighted by Crippen LogP contribution is -2.00. The molecule has 0 saturated heterocycles. The van der Waals surface area contributed by atoms with Gasteiger partial charge >= 0.3 is 0 Å². The van der Waals surface area contributed by atoms with E-state index in [-0.39, 0.29) is 0 Å². The minimum absolute atomic E-state index is 0.686. The first-order chi connectivity index (χ1) is 8.92. The van der Waals surface area contributed by atoms with Gasteiger partial charge in [-0.15, -0.1) is 11.3 Å². The molecule has 5 heteroatoms. The van der Waals surface area contributed by atoms with Crippen molar-refractivity contribution in [3.63, 3.8) is 0 Å². The SMILES string of the molecule is c1ccc(-c2csc(CNc3ncc[nH]3)n2)cc1. The lowest BCUT2D eigenvalue weighted by Gasteiger charge is -1.98. The van der Waals surface area contributed by atoms with E-state index < -0.39 is 0 Å². The summed E-state index contributed by atoms with van der Waals surface area (Å²) in [5, 5.41) is 6.31. The highest BCUT2D eigenvalue weighted by Crippen LogP contribution is 2.21. The number of imidazole rings is 1. The maximum Gasteiger partial charge on any atom is 0.200 e. The Hall–Kier alpha value is -2.14. The number of aromatic amines is 1. The molecule has 0 amide bonds. The number of rotatable bonds is 4. The molecular formula is C13H12N4S. The molecule has 0 spiro atoms. The molecule has 90 valence electrons. The fourth-order valence-electron chi connectivity index (χ4n) is 1.65. The number of H-pyrrole nitrogens is 1. The lowest BCUT2D eigenvalue weighted by atomic mass is 10.2. The Morgan fingerprint density at radius 1 is 1.22 bits per heavy atom. The van der Waals surface area contributed by atoms with Gasteiger partial charge in [0.1, 0.15) is 5.01 Å². The van der Waals surface area contributed by atoms with Gasteiger partial charge in [-0.3, -0.25) is 0 Å². The molecular weight excluding hydrogens is 244 g/mol. The Morgan fingerprint density at radius 3 is 2.89 bits per heavy atom. The molecule has 0 aliphatic carbocycles. The van der Waals surface area contributed by atoms with Gasteiger partial charge in [0, 0.05) is 23.3 Å². The molecule has 2 heterocycles. The predicted octanol–water partition coefficient (Wildman–Crippen LogP) is 3.15. The van der Waals surface area contributed by atoms with Gasteiger partial charge in [-0.05, 0) is 0 Å². The van der Waals surface area contributed by atoms with Crippen LogP contribution < -0.4 is 5.32 Å². The van der Waals surface area contributed by atoms with Crippen LogP contribution in [0.3, 0.4) is 0 Å². The van der Waals surface area contributed by atoms with E-state index >= 15 is 0 Å².